The van der Waals surface area contributed by atoms with Crippen LogP contribution in [0.2, 0.25) is 0 Å². The molecular weight excluding hydrogens is 144 g/mol. The molecule has 0 amide bonds. The summed E-state index contributed by atoms with van der Waals surface area (Å²) in [5.74, 6) is -0.881. The highest BCUT2D eigenvalue weighted by Gasteiger charge is 2.47. The van der Waals surface area contributed by atoms with Crippen molar-refractivity contribution in [2.45, 2.75) is 18.4 Å². The Hall–Kier alpha value is -1.08. The number of aliphatic carboxylic acids is 1. The lowest BCUT2D eigenvalue weighted by molar-refractivity contribution is -0.138. The van der Waals surface area contributed by atoms with E-state index in [4.69, 9.17) is 10.4 Å². The first-order valence-corrected chi connectivity index (χ1v) is 3.45. The highest BCUT2D eigenvalue weighted by atomic mass is 16.4. The smallest absolute Gasteiger partial charge is 0.317 e. The molecule has 0 spiro atoms. The van der Waals surface area contributed by atoms with Crippen molar-refractivity contribution in [3.8, 4) is 6.07 Å². The average Bonchev–Trinajstić information content (AvgIpc) is 2.65. The third-order valence-corrected chi connectivity index (χ3v) is 2.03. The van der Waals surface area contributed by atoms with Crippen molar-refractivity contribution < 1.29 is 9.90 Å². The van der Waals surface area contributed by atoms with Crippen molar-refractivity contribution >= 4 is 5.97 Å². The van der Waals surface area contributed by atoms with Crippen LogP contribution in [0.5, 0.6) is 0 Å². The number of nitriles is 1. The second-order valence-corrected chi connectivity index (χ2v) is 2.89. The van der Waals surface area contributed by atoms with Crippen LogP contribution in [0.1, 0.15) is 12.8 Å². The average molecular weight is 154 g/mol. The molecule has 0 aromatic heterocycles. The number of hydrogen-bond donors (Lipinski definition) is 1. The third-order valence-electron chi connectivity index (χ3n) is 2.03. The second-order valence-electron chi connectivity index (χ2n) is 2.89. The Labute approximate surface area is 65.0 Å². The summed E-state index contributed by atoms with van der Waals surface area (Å²) in [6.45, 7) is -0.0481. The van der Waals surface area contributed by atoms with Gasteiger partial charge >= 0.3 is 5.97 Å². The highest BCUT2D eigenvalue weighted by molar-refractivity contribution is 5.69. The van der Waals surface area contributed by atoms with Gasteiger partial charge in [0.15, 0.2) is 0 Å². The lowest BCUT2D eigenvalue weighted by atomic mass is 10.3. The van der Waals surface area contributed by atoms with Gasteiger partial charge < -0.3 is 5.11 Å². The summed E-state index contributed by atoms with van der Waals surface area (Å²) in [6.07, 6.45) is 1.60. The van der Waals surface area contributed by atoms with Crippen LogP contribution in [-0.4, -0.2) is 35.1 Å². The van der Waals surface area contributed by atoms with E-state index in [-0.39, 0.29) is 6.54 Å². The zero-order chi connectivity index (χ0) is 8.48. The standard InChI is InChI=1S/C7H10N2O2/c1-9(4-6(10)11)7(5-8)2-3-7/h2-4H2,1H3,(H,10,11). The summed E-state index contributed by atoms with van der Waals surface area (Å²) in [7, 11) is 1.67. The molecule has 1 fully saturated rings. The maximum absolute atomic E-state index is 10.2. The third kappa shape index (κ3) is 1.49. The van der Waals surface area contributed by atoms with E-state index in [1.807, 2.05) is 0 Å². The van der Waals surface area contributed by atoms with E-state index in [0.29, 0.717) is 0 Å². The van der Waals surface area contributed by atoms with Crippen LogP contribution >= 0.6 is 0 Å². The fraction of sp³-hybridized carbons (Fsp3) is 0.714. The molecule has 1 rings (SSSR count). The maximum atomic E-state index is 10.2. The van der Waals surface area contributed by atoms with Gasteiger partial charge in [-0.2, -0.15) is 5.26 Å². The predicted molar refractivity (Wildman–Crippen MR) is 37.8 cm³/mol. The zero-order valence-electron chi connectivity index (χ0n) is 6.37. The van der Waals surface area contributed by atoms with Crippen LogP contribution < -0.4 is 0 Å². The van der Waals surface area contributed by atoms with Gasteiger partial charge in [-0.3, -0.25) is 9.69 Å². The minimum atomic E-state index is -0.881. The molecule has 11 heavy (non-hydrogen) atoms. The van der Waals surface area contributed by atoms with Crippen LogP contribution in [0.4, 0.5) is 0 Å². The highest BCUT2D eigenvalue weighted by Crippen LogP contribution is 2.39. The van der Waals surface area contributed by atoms with Crippen LogP contribution in [0.15, 0.2) is 0 Å². The summed E-state index contributed by atoms with van der Waals surface area (Å²) < 4.78 is 0. The Balaban J connectivity index is 2.49. The Morgan fingerprint density at radius 3 is 2.64 bits per heavy atom. The van der Waals surface area contributed by atoms with Crippen molar-refractivity contribution in [1.29, 1.82) is 5.26 Å². The van der Waals surface area contributed by atoms with Gasteiger partial charge in [-0.15, -0.1) is 0 Å². The fourth-order valence-electron chi connectivity index (χ4n) is 1.05. The lowest BCUT2D eigenvalue weighted by Gasteiger charge is -2.18. The molecule has 0 aromatic carbocycles. The number of hydrogen-bond acceptors (Lipinski definition) is 3. The van der Waals surface area contributed by atoms with Crippen molar-refractivity contribution in [3.63, 3.8) is 0 Å². The zero-order valence-corrected chi connectivity index (χ0v) is 6.37. The van der Waals surface area contributed by atoms with Gasteiger partial charge in [-0.25, -0.2) is 0 Å². The first kappa shape index (κ1) is 8.02. The molecule has 0 bridgehead atoms. The van der Waals surface area contributed by atoms with E-state index < -0.39 is 11.5 Å². The topological polar surface area (TPSA) is 64.3 Å². The van der Waals surface area contributed by atoms with Crippen LogP contribution in [-0.2, 0) is 4.79 Å². The van der Waals surface area contributed by atoms with Crippen molar-refractivity contribution in [3.05, 3.63) is 0 Å². The molecule has 0 aliphatic heterocycles. The second kappa shape index (κ2) is 2.51. The Bertz CT molecular complexity index is 215. The van der Waals surface area contributed by atoms with E-state index in [1.165, 1.54) is 0 Å². The number of nitrogens with zero attached hydrogens (tertiary/aromatic N) is 2. The number of carbonyl (C=O) groups is 1. The van der Waals surface area contributed by atoms with E-state index >= 15 is 0 Å². The molecule has 1 saturated carbocycles. The largest absolute Gasteiger partial charge is 0.480 e. The molecule has 1 aliphatic carbocycles. The Morgan fingerprint density at radius 2 is 2.36 bits per heavy atom. The molecule has 1 aliphatic rings. The first-order chi connectivity index (χ1) is 5.10. The van der Waals surface area contributed by atoms with Gasteiger partial charge in [0.05, 0.1) is 12.6 Å². The van der Waals surface area contributed by atoms with Gasteiger partial charge in [0.1, 0.15) is 5.54 Å². The molecule has 60 valence electrons. The van der Waals surface area contributed by atoms with E-state index in [0.717, 1.165) is 12.8 Å². The predicted octanol–water partition coefficient (Wildman–Crippen LogP) is 0.0590. The summed E-state index contributed by atoms with van der Waals surface area (Å²) in [4.78, 5) is 11.8. The Kier molecular flexibility index (Phi) is 1.83. The summed E-state index contributed by atoms with van der Waals surface area (Å²) >= 11 is 0. The molecule has 0 radical (unpaired) electrons. The van der Waals surface area contributed by atoms with Gasteiger partial charge in [0, 0.05) is 0 Å². The molecule has 1 N–H and O–H groups in total. The van der Waals surface area contributed by atoms with Crippen LogP contribution in [0.3, 0.4) is 0 Å². The van der Waals surface area contributed by atoms with Crippen LogP contribution in [0, 0.1) is 11.3 Å². The summed E-state index contributed by atoms with van der Waals surface area (Å²) in [5.41, 5.74) is -0.460. The van der Waals surface area contributed by atoms with Gasteiger partial charge in [-0.1, -0.05) is 0 Å². The van der Waals surface area contributed by atoms with Crippen molar-refractivity contribution in [2.24, 2.45) is 0 Å². The normalized spacial score (nSPS) is 19.4. The molecule has 4 heteroatoms. The van der Waals surface area contributed by atoms with E-state index in [2.05, 4.69) is 6.07 Å². The SMILES string of the molecule is CN(CC(=O)O)C1(C#N)CC1. The van der Waals surface area contributed by atoms with Gasteiger partial charge in [0.25, 0.3) is 0 Å². The number of carboxylic acids is 1. The number of likely N-dealkylation sites (N-methyl/N-ethyl adjacent to an activating group) is 1. The molecule has 4 nitrogen and oxygen atoms in total. The Morgan fingerprint density at radius 1 is 1.82 bits per heavy atom. The van der Waals surface area contributed by atoms with E-state index in [1.54, 1.807) is 11.9 Å². The summed E-state index contributed by atoms with van der Waals surface area (Å²) in [6, 6.07) is 2.12. The first-order valence-electron chi connectivity index (χ1n) is 3.45. The van der Waals surface area contributed by atoms with Crippen LogP contribution in [0.25, 0.3) is 0 Å². The molecule has 0 saturated heterocycles. The molecular formula is C7H10N2O2. The van der Waals surface area contributed by atoms with Gasteiger partial charge in [-0.05, 0) is 19.9 Å². The molecule has 0 unspecified atom stereocenters. The van der Waals surface area contributed by atoms with Crippen molar-refractivity contribution in [2.75, 3.05) is 13.6 Å². The van der Waals surface area contributed by atoms with Crippen molar-refractivity contribution in [1.82, 2.24) is 4.90 Å². The van der Waals surface area contributed by atoms with Gasteiger partial charge in [0.2, 0.25) is 0 Å². The minimum absolute atomic E-state index is 0.0481. The number of rotatable bonds is 3. The molecule has 0 heterocycles. The maximum Gasteiger partial charge on any atom is 0.317 e. The van der Waals surface area contributed by atoms with E-state index in [9.17, 15) is 4.79 Å². The monoisotopic (exact) mass is 154 g/mol. The fourth-order valence-corrected chi connectivity index (χ4v) is 1.05. The summed E-state index contributed by atoms with van der Waals surface area (Å²) in [5, 5.41) is 17.1. The molecule has 0 atom stereocenters. The molecule has 0 aromatic rings. The lowest BCUT2D eigenvalue weighted by Crippen LogP contribution is -2.36. The number of carboxylic acid groups (broad SMARTS) is 1. The quantitative estimate of drug-likeness (QED) is 0.624. The minimum Gasteiger partial charge on any atom is -0.480 e.